The average molecular weight is 404 g/mol. The van der Waals surface area contributed by atoms with E-state index in [-0.39, 0.29) is 5.82 Å². The zero-order valence-electron chi connectivity index (χ0n) is 17.7. The number of rotatable bonds is 6. The molecule has 3 heteroatoms. The second kappa shape index (κ2) is 9.11. The summed E-state index contributed by atoms with van der Waals surface area (Å²) in [5.74, 6) is -0.174. The van der Waals surface area contributed by atoms with E-state index in [0.717, 1.165) is 42.7 Å². The molecule has 0 bridgehead atoms. The highest BCUT2D eigenvalue weighted by Gasteiger charge is 2.35. The van der Waals surface area contributed by atoms with Crippen molar-refractivity contribution in [3.8, 4) is 0 Å². The normalized spacial score (nSPS) is 16.5. The van der Waals surface area contributed by atoms with Crippen molar-refractivity contribution in [2.75, 3.05) is 19.6 Å². The number of nitrogens with zero attached hydrogens (tertiary/aromatic N) is 1. The monoisotopic (exact) mass is 403 g/mol. The van der Waals surface area contributed by atoms with E-state index in [1.165, 1.54) is 5.56 Å². The predicted molar refractivity (Wildman–Crippen MR) is 120 cm³/mol. The van der Waals surface area contributed by atoms with E-state index in [0.29, 0.717) is 24.8 Å². The van der Waals surface area contributed by atoms with Gasteiger partial charge in [0.25, 0.3) is 0 Å². The zero-order chi connectivity index (χ0) is 21.0. The first-order valence-corrected chi connectivity index (χ1v) is 10.9. The molecule has 1 saturated heterocycles. The Hall–Kier alpha value is -2.49. The standard InChI is InChI=1S/C27H30FNO/c1-21-11-12-24(26(28)19-21)20-23-9-5-6-10-25(23)27(30)14-17-29(18-15-27)16-13-22-7-3-2-4-8-22/h2-12,19,30H,13-18,20H2,1H3. The summed E-state index contributed by atoms with van der Waals surface area (Å²) in [6, 6.07) is 23.9. The number of aryl methyl sites for hydroxylation is 1. The first kappa shape index (κ1) is 20.8. The Balaban J connectivity index is 1.44. The molecular weight excluding hydrogens is 373 g/mol. The van der Waals surface area contributed by atoms with Crippen molar-refractivity contribution >= 4 is 0 Å². The summed E-state index contributed by atoms with van der Waals surface area (Å²) in [4.78, 5) is 2.43. The molecule has 0 spiro atoms. The molecule has 0 radical (unpaired) electrons. The third-order valence-electron chi connectivity index (χ3n) is 6.35. The smallest absolute Gasteiger partial charge is 0.126 e. The Morgan fingerprint density at radius 3 is 2.33 bits per heavy atom. The van der Waals surface area contributed by atoms with Crippen LogP contribution in [0.25, 0.3) is 0 Å². The van der Waals surface area contributed by atoms with Crippen LogP contribution in [0.5, 0.6) is 0 Å². The minimum atomic E-state index is -0.846. The summed E-state index contributed by atoms with van der Waals surface area (Å²) >= 11 is 0. The topological polar surface area (TPSA) is 23.5 Å². The Morgan fingerprint density at radius 2 is 1.60 bits per heavy atom. The number of benzene rings is 3. The van der Waals surface area contributed by atoms with E-state index in [1.807, 2.05) is 49.4 Å². The lowest BCUT2D eigenvalue weighted by Crippen LogP contribution is -2.43. The first-order chi connectivity index (χ1) is 14.5. The molecule has 2 nitrogen and oxygen atoms in total. The maximum atomic E-state index is 14.4. The van der Waals surface area contributed by atoms with Gasteiger partial charge in [-0.25, -0.2) is 4.39 Å². The molecule has 0 aliphatic carbocycles. The molecule has 156 valence electrons. The van der Waals surface area contributed by atoms with Crippen LogP contribution in [-0.2, 0) is 18.4 Å². The van der Waals surface area contributed by atoms with Crippen LogP contribution in [0, 0.1) is 12.7 Å². The Kier molecular flexibility index (Phi) is 6.31. The van der Waals surface area contributed by atoms with E-state index in [1.54, 1.807) is 6.07 Å². The Morgan fingerprint density at radius 1 is 0.900 bits per heavy atom. The number of hydrogen-bond donors (Lipinski definition) is 1. The van der Waals surface area contributed by atoms with Crippen molar-refractivity contribution < 1.29 is 9.50 Å². The Labute approximate surface area is 179 Å². The predicted octanol–water partition coefficient (Wildman–Crippen LogP) is 5.25. The number of hydrogen-bond acceptors (Lipinski definition) is 2. The molecule has 30 heavy (non-hydrogen) atoms. The number of halogens is 1. The second-order valence-corrected chi connectivity index (χ2v) is 8.54. The molecule has 1 aliphatic rings. The van der Waals surface area contributed by atoms with Gasteiger partial charge in [0, 0.05) is 26.1 Å². The quantitative estimate of drug-likeness (QED) is 0.608. The highest BCUT2D eigenvalue weighted by Crippen LogP contribution is 2.36. The molecule has 4 rings (SSSR count). The third kappa shape index (κ3) is 4.80. The van der Waals surface area contributed by atoms with Gasteiger partial charge in [0.1, 0.15) is 5.82 Å². The highest BCUT2D eigenvalue weighted by molar-refractivity contribution is 5.38. The van der Waals surface area contributed by atoms with Crippen molar-refractivity contribution in [2.24, 2.45) is 0 Å². The molecular formula is C27H30FNO. The fourth-order valence-corrected chi connectivity index (χ4v) is 4.48. The van der Waals surface area contributed by atoms with Gasteiger partial charge in [-0.05, 0) is 60.1 Å². The summed E-state index contributed by atoms with van der Waals surface area (Å²) in [6.45, 7) is 4.65. The van der Waals surface area contributed by atoms with Gasteiger partial charge in [-0.3, -0.25) is 0 Å². The van der Waals surface area contributed by atoms with Gasteiger partial charge in [0.2, 0.25) is 0 Å². The van der Waals surface area contributed by atoms with Gasteiger partial charge < -0.3 is 10.0 Å². The van der Waals surface area contributed by atoms with Crippen LogP contribution in [-0.4, -0.2) is 29.6 Å². The molecule has 1 fully saturated rings. The van der Waals surface area contributed by atoms with Crippen molar-refractivity contribution in [2.45, 2.75) is 38.2 Å². The molecule has 0 amide bonds. The van der Waals surface area contributed by atoms with Gasteiger partial charge in [-0.15, -0.1) is 0 Å². The van der Waals surface area contributed by atoms with Gasteiger partial charge >= 0.3 is 0 Å². The summed E-state index contributed by atoms with van der Waals surface area (Å²) in [5, 5.41) is 11.5. The third-order valence-corrected chi connectivity index (χ3v) is 6.35. The van der Waals surface area contributed by atoms with Crippen molar-refractivity contribution in [3.63, 3.8) is 0 Å². The van der Waals surface area contributed by atoms with E-state index < -0.39 is 5.60 Å². The van der Waals surface area contributed by atoms with E-state index in [4.69, 9.17) is 0 Å². The van der Waals surface area contributed by atoms with Crippen LogP contribution in [0.4, 0.5) is 4.39 Å². The molecule has 1 aliphatic heterocycles. The fourth-order valence-electron chi connectivity index (χ4n) is 4.48. The lowest BCUT2D eigenvalue weighted by Gasteiger charge is -2.39. The molecule has 0 saturated carbocycles. The van der Waals surface area contributed by atoms with Gasteiger partial charge in [0.15, 0.2) is 0 Å². The molecule has 1 heterocycles. The summed E-state index contributed by atoms with van der Waals surface area (Å²) in [5.41, 5.74) is 4.07. The molecule has 1 N–H and O–H groups in total. The lowest BCUT2D eigenvalue weighted by molar-refractivity contribution is -0.0261. The van der Waals surface area contributed by atoms with Crippen LogP contribution in [0.1, 0.15) is 40.7 Å². The van der Waals surface area contributed by atoms with Crippen molar-refractivity contribution in [1.82, 2.24) is 4.90 Å². The average Bonchev–Trinajstić information content (AvgIpc) is 2.76. The maximum Gasteiger partial charge on any atom is 0.126 e. The van der Waals surface area contributed by atoms with Crippen LogP contribution in [0.15, 0.2) is 72.8 Å². The zero-order valence-corrected chi connectivity index (χ0v) is 17.7. The molecule has 3 aromatic rings. The molecule has 0 aromatic heterocycles. The SMILES string of the molecule is Cc1ccc(Cc2ccccc2C2(O)CCN(CCc3ccccc3)CC2)c(F)c1. The Bertz CT molecular complexity index is 977. The molecule has 0 atom stereocenters. The largest absolute Gasteiger partial charge is 0.385 e. The number of aliphatic hydroxyl groups is 1. The van der Waals surface area contributed by atoms with Crippen LogP contribution >= 0.6 is 0 Å². The van der Waals surface area contributed by atoms with Crippen LogP contribution in [0.2, 0.25) is 0 Å². The summed E-state index contributed by atoms with van der Waals surface area (Å²) in [6.07, 6.45) is 2.94. The summed E-state index contributed by atoms with van der Waals surface area (Å²) in [7, 11) is 0. The van der Waals surface area contributed by atoms with E-state index >= 15 is 0 Å². The van der Waals surface area contributed by atoms with Gasteiger partial charge in [-0.1, -0.05) is 66.7 Å². The van der Waals surface area contributed by atoms with Crippen molar-refractivity contribution in [1.29, 1.82) is 0 Å². The maximum absolute atomic E-state index is 14.4. The minimum Gasteiger partial charge on any atom is -0.385 e. The molecule has 3 aromatic carbocycles. The van der Waals surface area contributed by atoms with Crippen LogP contribution in [0.3, 0.4) is 0 Å². The first-order valence-electron chi connectivity index (χ1n) is 10.9. The van der Waals surface area contributed by atoms with Crippen LogP contribution < -0.4 is 0 Å². The number of piperidine rings is 1. The number of likely N-dealkylation sites (tertiary alicyclic amines) is 1. The second-order valence-electron chi connectivity index (χ2n) is 8.54. The van der Waals surface area contributed by atoms with E-state index in [2.05, 4.69) is 29.2 Å². The fraction of sp³-hybridized carbons (Fsp3) is 0.333. The summed E-state index contributed by atoms with van der Waals surface area (Å²) < 4.78 is 14.4. The molecule has 0 unspecified atom stereocenters. The minimum absolute atomic E-state index is 0.174. The van der Waals surface area contributed by atoms with Crippen molar-refractivity contribution in [3.05, 3.63) is 106 Å². The van der Waals surface area contributed by atoms with E-state index in [9.17, 15) is 9.50 Å². The highest BCUT2D eigenvalue weighted by atomic mass is 19.1. The lowest BCUT2D eigenvalue weighted by atomic mass is 9.80. The van der Waals surface area contributed by atoms with Gasteiger partial charge in [-0.2, -0.15) is 0 Å². The van der Waals surface area contributed by atoms with Gasteiger partial charge in [0.05, 0.1) is 5.60 Å².